The monoisotopic (exact) mass is 327 g/mol. The number of nitrogens with one attached hydrogen (secondary N) is 1. The average Bonchev–Trinajstić information content (AvgIpc) is 2.55. The van der Waals surface area contributed by atoms with Crippen molar-refractivity contribution in [2.75, 3.05) is 11.9 Å². The maximum Gasteiger partial charge on any atom is 0.193 e. The molecule has 2 rings (SSSR count). The molecule has 2 aromatic carbocycles. The number of rotatable bonds is 7. The lowest BCUT2D eigenvalue weighted by Crippen LogP contribution is -2.22. The van der Waals surface area contributed by atoms with Gasteiger partial charge in [0.15, 0.2) is 5.96 Å². The van der Waals surface area contributed by atoms with Gasteiger partial charge in [0.25, 0.3) is 0 Å². The summed E-state index contributed by atoms with van der Waals surface area (Å²) in [4.78, 5) is 4.36. The van der Waals surface area contributed by atoms with Crippen LogP contribution in [-0.4, -0.2) is 18.7 Å². The molecule has 24 heavy (non-hydrogen) atoms. The largest absolute Gasteiger partial charge is 0.494 e. The number of nitrogens with zero attached hydrogens (tertiary/aromatic N) is 1. The van der Waals surface area contributed by atoms with Crippen molar-refractivity contribution in [1.29, 1.82) is 0 Å². The van der Waals surface area contributed by atoms with Crippen molar-refractivity contribution in [2.24, 2.45) is 10.7 Å². The molecule has 0 bridgehead atoms. The maximum atomic E-state index is 5.95. The minimum atomic E-state index is 0.155. The highest BCUT2D eigenvalue weighted by Gasteiger charge is 2.00. The molecule has 128 valence electrons. The third-order valence-corrected chi connectivity index (χ3v) is 3.14. The zero-order chi connectivity index (χ0) is 17.4. The minimum absolute atomic E-state index is 0.155. The van der Waals surface area contributed by atoms with Crippen molar-refractivity contribution in [3.8, 4) is 11.5 Å². The van der Waals surface area contributed by atoms with Crippen LogP contribution < -0.4 is 20.5 Å². The third kappa shape index (κ3) is 5.83. The van der Waals surface area contributed by atoms with E-state index in [2.05, 4.69) is 10.3 Å². The Morgan fingerprint density at radius 2 is 1.88 bits per heavy atom. The van der Waals surface area contributed by atoms with Crippen molar-refractivity contribution < 1.29 is 9.47 Å². The van der Waals surface area contributed by atoms with Gasteiger partial charge >= 0.3 is 0 Å². The van der Waals surface area contributed by atoms with Crippen molar-refractivity contribution in [3.05, 3.63) is 54.1 Å². The predicted octanol–water partition coefficient (Wildman–Crippen LogP) is 3.80. The molecule has 0 aromatic heterocycles. The Bertz CT molecular complexity index is 667. The Balaban J connectivity index is 1.92. The molecule has 0 spiro atoms. The van der Waals surface area contributed by atoms with E-state index in [1.165, 1.54) is 0 Å². The van der Waals surface area contributed by atoms with E-state index in [9.17, 15) is 0 Å². The van der Waals surface area contributed by atoms with Crippen LogP contribution in [0.5, 0.6) is 11.5 Å². The smallest absolute Gasteiger partial charge is 0.193 e. The van der Waals surface area contributed by atoms with Gasteiger partial charge in [-0.3, -0.25) is 0 Å². The summed E-state index contributed by atoms with van der Waals surface area (Å²) in [5.41, 5.74) is 7.86. The van der Waals surface area contributed by atoms with Gasteiger partial charge in [0.2, 0.25) is 0 Å². The highest BCUT2D eigenvalue weighted by atomic mass is 16.5. The zero-order valence-corrected chi connectivity index (χ0v) is 14.5. The van der Waals surface area contributed by atoms with E-state index in [1.807, 2.05) is 69.3 Å². The number of ether oxygens (including phenoxy) is 2. The molecule has 0 aliphatic carbocycles. The molecule has 2 aromatic rings. The van der Waals surface area contributed by atoms with Crippen molar-refractivity contribution in [3.63, 3.8) is 0 Å². The third-order valence-electron chi connectivity index (χ3n) is 3.14. The van der Waals surface area contributed by atoms with Gasteiger partial charge in [0, 0.05) is 5.69 Å². The Kier molecular flexibility index (Phi) is 6.49. The number of aliphatic imine (C=N–C) groups is 1. The van der Waals surface area contributed by atoms with Gasteiger partial charge in [-0.1, -0.05) is 12.1 Å². The van der Waals surface area contributed by atoms with Gasteiger partial charge in [0.05, 0.1) is 19.3 Å². The highest BCUT2D eigenvalue weighted by Crippen LogP contribution is 2.17. The van der Waals surface area contributed by atoms with E-state index < -0.39 is 0 Å². The summed E-state index contributed by atoms with van der Waals surface area (Å²) in [6.45, 7) is 7.10. The molecule has 0 saturated heterocycles. The number of anilines is 1. The summed E-state index contributed by atoms with van der Waals surface area (Å²) in [6, 6.07) is 15.5. The molecule has 0 aliphatic heterocycles. The van der Waals surface area contributed by atoms with Crippen LogP contribution in [0.15, 0.2) is 53.5 Å². The molecule has 0 radical (unpaired) electrons. The van der Waals surface area contributed by atoms with Crippen LogP contribution >= 0.6 is 0 Å². The van der Waals surface area contributed by atoms with E-state index in [-0.39, 0.29) is 6.10 Å². The summed E-state index contributed by atoms with van der Waals surface area (Å²) >= 11 is 0. The van der Waals surface area contributed by atoms with Crippen LogP contribution in [-0.2, 0) is 6.54 Å². The Morgan fingerprint density at radius 1 is 1.12 bits per heavy atom. The van der Waals surface area contributed by atoms with Crippen LogP contribution in [0.4, 0.5) is 5.69 Å². The van der Waals surface area contributed by atoms with Crippen LogP contribution in [0, 0.1) is 0 Å². The van der Waals surface area contributed by atoms with E-state index >= 15 is 0 Å². The Labute approximate surface area is 143 Å². The molecule has 3 N–H and O–H groups in total. The topological polar surface area (TPSA) is 68.9 Å². The summed E-state index contributed by atoms with van der Waals surface area (Å²) in [6.07, 6.45) is 0.155. The molecule has 0 heterocycles. The van der Waals surface area contributed by atoms with Crippen LogP contribution in [0.1, 0.15) is 26.3 Å². The molecule has 0 saturated carbocycles. The fourth-order valence-electron chi connectivity index (χ4n) is 2.15. The molecule has 5 nitrogen and oxygen atoms in total. The lowest BCUT2D eigenvalue weighted by molar-refractivity contribution is 0.242. The highest BCUT2D eigenvalue weighted by molar-refractivity contribution is 5.92. The zero-order valence-electron chi connectivity index (χ0n) is 14.5. The van der Waals surface area contributed by atoms with Gasteiger partial charge < -0.3 is 20.5 Å². The van der Waals surface area contributed by atoms with Crippen molar-refractivity contribution in [2.45, 2.75) is 33.4 Å². The molecular weight excluding hydrogens is 302 g/mol. The van der Waals surface area contributed by atoms with Crippen LogP contribution in [0.25, 0.3) is 0 Å². The number of nitrogens with two attached hydrogens (primary N) is 1. The molecule has 0 aliphatic rings. The second-order valence-electron chi connectivity index (χ2n) is 5.60. The molecule has 0 fully saturated rings. The van der Waals surface area contributed by atoms with Crippen molar-refractivity contribution >= 4 is 11.6 Å². The van der Waals surface area contributed by atoms with E-state index in [0.717, 1.165) is 22.7 Å². The number of guanidine groups is 1. The SMILES string of the molecule is CCOc1cccc(CN=C(N)Nc2ccc(OC(C)C)cc2)c1. The summed E-state index contributed by atoms with van der Waals surface area (Å²) < 4.78 is 11.1. The van der Waals surface area contributed by atoms with Gasteiger partial charge in [-0.15, -0.1) is 0 Å². The first kappa shape index (κ1) is 17.7. The fraction of sp³-hybridized carbons (Fsp3) is 0.316. The molecule has 0 atom stereocenters. The number of benzene rings is 2. The Morgan fingerprint density at radius 3 is 2.54 bits per heavy atom. The van der Waals surface area contributed by atoms with Crippen molar-refractivity contribution in [1.82, 2.24) is 0 Å². The maximum absolute atomic E-state index is 5.95. The van der Waals surface area contributed by atoms with Crippen LogP contribution in [0.3, 0.4) is 0 Å². The normalized spacial score (nSPS) is 11.4. The number of hydrogen-bond donors (Lipinski definition) is 2. The molecule has 0 unspecified atom stereocenters. The quantitative estimate of drug-likeness (QED) is 0.599. The van der Waals surface area contributed by atoms with E-state index in [0.29, 0.717) is 19.1 Å². The first-order valence-corrected chi connectivity index (χ1v) is 8.12. The van der Waals surface area contributed by atoms with Gasteiger partial charge in [-0.05, 0) is 62.7 Å². The lowest BCUT2D eigenvalue weighted by Gasteiger charge is -2.11. The molecule has 5 heteroatoms. The van der Waals surface area contributed by atoms with Crippen LogP contribution in [0.2, 0.25) is 0 Å². The Hall–Kier alpha value is -2.69. The van der Waals surface area contributed by atoms with Gasteiger partial charge in [0.1, 0.15) is 11.5 Å². The lowest BCUT2D eigenvalue weighted by atomic mass is 10.2. The first-order valence-electron chi connectivity index (χ1n) is 8.12. The van der Waals surface area contributed by atoms with Gasteiger partial charge in [-0.25, -0.2) is 4.99 Å². The summed E-state index contributed by atoms with van der Waals surface area (Å²) in [5.74, 6) is 2.05. The number of hydrogen-bond acceptors (Lipinski definition) is 3. The van der Waals surface area contributed by atoms with E-state index in [4.69, 9.17) is 15.2 Å². The second-order valence-corrected chi connectivity index (χ2v) is 5.60. The first-order chi connectivity index (χ1) is 11.6. The van der Waals surface area contributed by atoms with E-state index in [1.54, 1.807) is 0 Å². The van der Waals surface area contributed by atoms with Gasteiger partial charge in [-0.2, -0.15) is 0 Å². The summed E-state index contributed by atoms with van der Waals surface area (Å²) in [7, 11) is 0. The fourth-order valence-corrected chi connectivity index (χ4v) is 2.15. The minimum Gasteiger partial charge on any atom is -0.494 e. The standard InChI is InChI=1S/C19H25N3O2/c1-4-23-18-7-5-6-15(12-18)13-21-19(20)22-16-8-10-17(11-9-16)24-14(2)3/h5-12,14H,4,13H2,1-3H3,(H3,20,21,22). The average molecular weight is 327 g/mol. The predicted molar refractivity (Wildman–Crippen MR) is 98.8 cm³/mol. The molecular formula is C19H25N3O2. The summed E-state index contributed by atoms with van der Waals surface area (Å²) in [5, 5.41) is 3.07. The second kappa shape index (κ2) is 8.82. The molecule has 0 amide bonds.